The summed E-state index contributed by atoms with van der Waals surface area (Å²) in [6, 6.07) is 5.39. The minimum absolute atomic E-state index is 0.0194. The Morgan fingerprint density at radius 3 is 3.28 bits per heavy atom. The van der Waals surface area contributed by atoms with Gasteiger partial charge in [-0.25, -0.2) is 4.98 Å². The van der Waals surface area contributed by atoms with Crippen molar-refractivity contribution in [3.63, 3.8) is 0 Å². The summed E-state index contributed by atoms with van der Waals surface area (Å²) in [6.07, 6.45) is 1.23. The zero-order chi connectivity index (χ0) is 13.0. The Kier molecular flexibility index (Phi) is 3.75. The highest BCUT2D eigenvalue weighted by Gasteiger charge is 2.23. The monoisotopic (exact) mass is 247 g/mol. The Bertz CT molecular complexity index is 484. The van der Waals surface area contributed by atoms with Crippen LogP contribution in [0.15, 0.2) is 18.3 Å². The van der Waals surface area contributed by atoms with Gasteiger partial charge in [-0.05, 0) is 12.1 Å². The second-order valence-electron chi connectivity index (χ2n) is 4.05. The molecule has 0 aromatic carbocycles. The molecule has 0 bridgehead atoms. The maximum absolute atomic E-state index is 10.7. The molecular weight excluding hydrogens is 234 g/mol. The summed E-state index contributed by atoms with van der Waals surface area (Å²) in [5, 5.41) is 17.6. The molecule has 2 rings (SSSR count). The summed E-state index contributed by atoms with van der Waals surface area (Å²) in [5.41, 5.74) is 0.543. The fourth-order valence-corrected chi connectivity index (χ4v) is 1.91. The first-order valence-electron chi connectivity index (χ1n) is 5.63. The Balaban J connectivity index is 2.08. The van der Waals surface area contributed by atoms with Gasteiger partial charge in [-0.3, -0.25) is 4.79 Å². The molecule has 1 aliphatic heterocycles. The number of pyridine rings is 1. The molecule has 0 amide bonds. The Labute approximate surface area is 104 Å². The van der Waals surface area contributed by atoms with E-state index < -0.39 is 5.97 Å². The van der Waals surface area contributed by atoms with Crippen LogP contribution in [0.1, 0.15) is 12.0 Å². The second-order valence-corrected chi connectivity index (χ2v) is 4.05. The molecule has 1 N–H and O–H groups in total. The molecule has 6 heteroatoms. The first-order valence-corrected chi connectivity index (χ1v) is 5.63. The lowest BCUT2D eigenvalue weighted by Gasteiger charge is -2.33. The van der Waals surface area contributed by atoms with Crippen molar-refractivity contribution in [2.24, 2.45) is 0 Å². The van der Waals surface area contributed by atoms with E-state index in [0.29, 0.717) is 31.1 Å². The third kappa shape index (κ3) is 2.96. The number of ether oxygens (including phenoxy) is 1. The number of carbonyl (C=O) groups is 1. The largest absolute Gasteiger partial charge is 0.481 e. The molecule has 0 spiro atoms. The van der Waals surface area contributed by atoms with E-state index in [1.54, 1.807) is 18.3 Å². The van der Waals surface area contributed by atoms with Gasteiger partial charge in [-0.15, -0.1) is 0 Å². The molecule has 1 aromatic rings. The van der Waals surface area contributed by atoms with Crippen molar-refractivity contribution in [3.8, 4) is 6.07 Å². The summed E-state index contributed by atoms with van der Waals surface area (Å²) in [5.74, 6) is -0.187. The van der Waals surface area contributed by atoms with Crippen molar-refractivity contribution in [3.05, 3.63) is 23.9 Å². The van der Waals surface area contributed by atoms with Crippen molar-refractivity contribution in [2.45, 2.75) is 12.5 Å². The minimum atomic E-state index is -0.874. The number of anilines is 1. The van der Waals surface area contributed by atoms with Crippen LogP contribution in [0.25, 0.3) is 0 Å². The highest BCUT2D eigenvalue weighted by molar-refractivity contribution is 5.67. The first-order chi connectivity index (χ1) is 8.69. The van der Waals surface area contributed by atoms with Crippen molar-refractivity contribution < 1.29 is 14.6 Å². The van der Waals surface area contributed by atoms with Gasteiger partial charge in [-0.1, -0.05) is 0 Å². The van der Waals surface area contributed by atoms with Gasteiger partial charge in [0.15, 0.2) is 0 Å². The van der Waals surface area contributed by atoms with Gasteiger partial charge in [0, 0.05) is 19.3 Å². The van der Waals surface area contributed by atoms with Crippen molar-refractivity contribution >= 4 is 11.8 Å². The fraction of sp³-hybridized carbons (Fsp3) is 0.417. The van der Waals surface area contributed by atoms with Gasteiger partial charge in [0.2, 0.25) is 0 Å². The number of hydrogen-bond donors (Lipinski definition) is 1. The SMILES string of the molecule is N#Cc1ccnc(N2CCOC(CC(=O)O)C2)c1. The van der Waals surface area contributed by atoms with Crippen LogP contribution in [0.3, 0.4) is 0 Å². The molecule has 1 saturated heterocycles. The van der Waals surface area contributed by atoms with Crippen LogP contribution in [0.5, 0.6) is 0 Å². The average molecular weight is 247 g/mol. The van der Waals surface area contributed by atoms with Crippen molar-refractivity contribution in [2.75, 3.05) is 24.6 Å². The quantitative estimate of drug-likeness (QED) is 0.843. The van der Waals surface area contributed by atoms with E-state index in [1.165, 1.54) is 0 Å². The summed E-state index contributed by atoms with van der Waals surface area (Å²) in [7, 11) is 0. The third-order valence-corrected chi connectivity index (χ3v) is 2.74. The van der Waals surface area contributed by atoms with Crippen LogP contribution >= 0.6 is 0 Å². The van der Waals surface area contributed by atoms with E-state index in [-0.39, 0.29) is 12.5 Å². The number of aromatic nitrogens is 1. The van der Waals surface area contributed by atoms with Crippen molar-refractivity contribution in [1.82, 2.24) is 4.98 Å². The lowest BCUT2D eigenvalue weighted by Crippen LogP contribution is -2.43. The van der Waals surface area contributed by atoms with Crippen molar-refractivity contribution in [1.29, 1.82) is 5.26 Å². The van der Waals surface area contributed by atoms with Crippen LogP contribution in [0.4, 0.5) is 5.82 Å². The molecule has 1 aliphatic rings. The summed E-state index contributed by atoms with van der Waals surface area (Å²) < 4.78 is 5.38. The topological polar surface area (TPSA) is 86.5 Å². The molecule has 18 heavy (non-hydrogen) atoms. The van der Waals surface area contributed by atoms with Crippen LogP contribution in [-0.2, 0) is 9.53 Å². The van der Waals surface area contributed by atoms with Crippen LogP contribution in [-0.4, -0.2) is 41.9 Å². The van der Waals surface area contributed by atoms with Gasteiger partial charge in [-0.2, -0.15) is 5.26 Å². The summed E-state index contributed by atoms with van der Waals surface area (Å²) >= 11 is 0. The van der Waals surface area contributed by atoms with Crippen LogP contribution < -0.4 is 4.90 Å². The lowest BCUT2D eigenvalue weighted by molar-refractivity contribution is -0.140. The van der Waals surface area contributed by atoms with E-state index >= 15 is 0 Å². The summed E-state index contributed by atoms with van der Waals surface area (Å²) in [4.78, 5) is 16.8. The molecule has 1 aromatic heterocycles. The van der Waals surface area contributed by atoms with E-state index in [4.69, 9.17) is 15.1 Å². The van der Waals surface area contributed by atoms with Gasteiger partial charge < -0.3 is 14.7 Å². The van der Waals surface area contributed by atoms with Gasteiger partial charge in [0.25, 0.3) is 0 Å². The Morgan fingerprint density at radius 2 is 2.56 bits per heavy atom. The zero-order valence-electron chi connectivity index (χ0n) is 9.74. The van der Waals surface area contributed by atoms with Gasteiger partial charge in [0.05, 0.1) is 30.8 Å². The zero-order valence-corrected chi connectivity index (χ0v) is 9.74. The molecule has 0 radical (unpaired) electrons. The predicted octanol–water partition coefficient (Wildman–Crippen LogP) is 0.633. The number of nitriles is 1. The van der Waals surface area contributed by atoms with Crippen LogP contribution in [0.2, 0.25) is 0 Å². The molecule has 0 saturated carbocycles. The van der Waals surface area contributed by atoms with E-state index in [2.05, 4.69) is 11.1 Å². The average Bonchev–Trinajstić information content (AvgIpc) is 2.38. The summed E-state index contributed by atoms with van der Waals surface area (Å²) in [6.45, 7) is 1.60. The van der Waals surface area contributed by atoms with E-state index in [0.717, 1.165) is 0 Å². The third-order valence-electron chi connectivity index (χ3n) is 2.74. The lowest BCUT2D eigenvalue weighted by atomic mass is 10.2. The van der Waals surface area contributed by atoms with E-state index in [1.807, 2.05) is 4.90 Å². The molecule has 2 heterocycles. The molecular formula is C12H13N3O3. The van der Waals surface area contributed by atoms with E-state index in [9.17, 15) is 4.79 Å². The van der Waals surface area contributed by atoms with Crippen LogP contribution in [0, 0.1) is 11.3 Å². The fourth-order valence-electron chi connectivity index (χ4n) is 1.91. The smallest absolute Gasteiger partial charge is 0.306 e. The highest BCUT2D eigenvalue weighted by atomic mass is 16.5. The van der Waals surface area contributed by atoms with Gasteiger partial charge in [0.1, 0.15) is 5.82 Å². The van der Waals surface area contributed by atoms with Gasteiger partial charge >= 0.3 is 5.97 Å². The molecule has 94 valence electrons. The predicted molar refractivity (Wildman–Crippen MR) is 63.2 cm³/mol. The number of morpholine rings is 1. The number of nitrogens with zero attached hydrogens (tertiary/aromatic N) is 3. The number of carboxylic acid groups (broad SMARTS) is 1. The molecule has 1 unspecified atom stereocenters. The maximum atomic E-state index is 10.7. The Morgan fingerprint density at radius 1 is 1.72 bits per heavy atom. The number of aliphatic carboxylic acids is 1. The number of carboxylic acids is 1. The molecule has 0 aliphatic carbocycles. The molecule has 1 fully saturated rings. The highest BCUT2D eigenvalue weighted by Crippen LogP contribution is 2.17. The molecule has 1 atom stereocenters. The second kappa shape index (κ2) is 5.47. The standard InChI is InChI=1S/C12H13N3O3/c13-7-9-1-2-14-11(5-9)15-3-4-18-10(8-15)6-12(16)17/h1-2,5,10H,3-4,6,8H2,(H,16,17). The number of rotatable bonds is 3. The first kappa shape index (κ1) is 12.3. The maximum Gasteiger partial charge on any atom is 0.306 e. The minimum Gasteiger partial charge on any atom is -0.481 e. The Hall–Kier alpha value is -2.13. The number of hydrogen-bond acceptors (Lipinski definition) is 5. The molecule has 6 nitrogen and oxygen atoms in total. The normalized spacial score (nSPS) is 19.3.